The number of rotatable bonds is 7. The van der Waals surface area contributed by atoms with E-state index in [0.29, 0.717) is 30.3 Å². The first-order chi connectivity index (χ1) is 10.8. The van der Waals surface area contributed by atoms with Crippen LogP contribution < -0.4 is 0 Å². The van der Waals surface area contributed by atoms with Gasteiger partial charge in [-0.25, -0.2) is 0 Å². The van der Waals surface area contributed by atoms with Gasteiger partial charge in [0.2, 0.25) is 0 Å². The highest BCUT2D eigenvalue weighted by molar-refractivity contribution is 6.20. The maximum Gasteiger partial charge on any atom is 0.0862 e. The van der Waals surface area contributed by atoms with Crippen LogP contribution in [0.4, 0.5) is 0 Å². The van der Waals surface area contributed by atoms with Gasteiger partial charge in [-0.1, -0.05) is 0 Å². The largest absolute Gasteiger partial charge is 0.377 e. The Morgan fingerprint density at radius 3 is 2.30 bits per heavy atom. The van der Waals surface area contributed by atoms with Gasteiger partial charge in [0.25, 0.3) is 0 Å². The van der Waals surface area contributed by atoms with Gasteiger partial charge in [0, 0.05) is 25.0 Å². The summed E-state index contributed by atoms with van der Waals surface area (Å²) < 4.78 is 17.9. The van der Waals surface area contributed by atoms with Crippen molar-refractivity contribution in [3.05, 3.63) is 0 Å². The lowest BCUT2D eigenvalue weighted by atomic mass is 9.96. The Hall–Kier alpha value is 0.130. The molecule has 2 fully saturated rings. The summed E-state index contributed by atoms with van der Waals surface area (Å²) in [5.41, 5.74) is -0.227. The van der Waals surface area contributed by atoms with Crippen LogP contribution in [0.25, 0.3) is 0 Å². The lowest BCUT2D eigenvalue weighted by Crippen LogP contribution is -2.46. The molecular weight excluding hydrogens is 314 g/mol. The van der Waals surface area contributed by atoms with Crippen molar-refractivity contribution in [3.8, 4) is 0 Å². The summed E-state index contributed by atoms with van der Waals surface area (Å²) in [5, 5.41) is 0.340. The minimum atomic E-state index is -0.227. The Morgan fingerprint density at radius 2 is 1.70 bits per heavy atom. The van der Waals surface area contributed by atoms with Crippen LogP contribution in [0.2, 0.25) is 0 Å². The summed E-state index contributed by atoms with van der Waals surface area (Å²) in [6.07, 6.45) is 5.24. The van der Waals surface area contributed by atoms with Crippen molar-refractivity contribution in [2.45, 2.75) is 82.7 Å². The van der Waals surface area contributed by atoms with Crippen molar-refractivity contribution in [1.82, 2.24) is 4.90 Å². The maximum absolute atomic E-state index is 6.24. The smallest absolute Gasteiger partial charge is 0.0862 e. The number of alkyl halides is 1. The van der Waals surface area contributed by atoms with Crippen molar-refractivity contribution in [2.75, 3.05) is 32.8 Å². The molecule has 2 atom stereocenters. The average molecular weight is 348 g/mol. The summed E-state index contributed by atoms with van der Waals surface area (Å²) >= 11 is 6.16. The number of halogens is 1. The highest BCUT2D eigenvalue weighted by atomic mass is 35.5. The summed E-state index contributed by atoms with van der Waals surface area (Å²) in [7, 11) is 0. The van der Waals surface area contributed by atoms with E-state index < -0.39 is 0 Å². The topological polar surface area (TPSA) is 30.9 Å². The molecular formula is C18H34ClNO3. The van der Waals surface area contributed by atoms with Crippen LogP contribution in [0.1, 0.15) is 53.4 Å². The monoisotopic (exact) mass is 347 g/mol. The van der Waals surface area contributed by atoms with Gasteiger partial charge in [0.15, 0.2) is 0 Å². The second-order valence-corrected chi connectivity index (χ2v) is 8.44. The van der Waals surface area contributed by atoms with Crippen molar-refractivity contribution in [3.63, 3.8) is 0 Å². The van der Waals surface area contributed by atoms with Gasteiger partial charge in [-0.2, -0.15) is 0 Å². The summed E-state index contributed by atoms with van der Waals surface area (Å²) in [5.74, 6) is 0. The van der Waals surface area contributed by atoms with Crippen LogP contribution in [0.5, 0.6) is 0 Å². The van der Waals surface area contributed by atoms with E-state index >= 15 is 0 Å². The fourth-order valence-corrected chi connectivity index (χ4v) is 3.86. The maximum atomic E-state index is 6.24. The van der Waals surface area contributed by atoms with E-state index in [2.05, 4.69) is 32.6 Å². The molecule has 0 bridgehead atoms. The van der Waals surface area contributed by atoms with Gasteiger partial charge in [-0.3, -0.25) is 4.90 Å². The molecule has 0 aromatic heterocycles. The second-order valence-electron chi connectivity index (χ2n) is 7.82. The molecule has 1 saturated carbocycles. The first-order valence-electron chi connectivity index (χ1n) is 9.11. The van der Waals surface area contributed by atoms with Crippen molar-refractivity contribution >= 4 is 11.6 Å². The molecule has 2 unspecified atom stereocenters. The Kier molecular flexibility index (Phi) is 7.61. The molecule has 2 rings (SSSR count). The molecule has 1 saturated heterocycles. The van der Waals surface area contributed by atoms with Crippen LogP contribution in [0.3, 0.4) is 0 Å². The molecule has 2 aliphatic rings. The van der Waals surface area contributed by atoms with Crippen molar-refractivity contribution < 1.29 is 14.2 Å². The standard InChI is InChI=1S/C18H34ClNO3/c1-14-11-20(12-15(2)22-14)9-10-21-13-18(3,4)23-17-7-5-16(19)6-8-17/h14-17H,5-13H2,1-4H3. The Balaban J connectivity index is 1.60. The average Bonchev–Trinajstić information content (AvgIpc) is 2.45. The van der Waals surface area contributed by atoms with E-state index in [0.717, 1.165) is 51.9 Å². The predicted octanol–water partition coefficient (Wildman–Crippen LogP) is 3.46. The third-order valence-corrected chi connectivity index (χ3v) is 5.02. The molecule has 23 heavy (non-hydrogen) atoms. The zero-order valence-electron chi connectivity index (χ0n) is 15.2. The van der Waals surface area contributed by atoms with Gasteiger partial charge in [0.05, 0.1) is 37.1 Å². The van der Waals surface area contributed by atoms with E-state index in [1.807, 2.05) is 0 Å². The summed E-state index contributed by atoms with van der Waals surface area (Å²) in [6.45, 7) is 12.9. The molecule has 5 heteroatoms. The van der Waals surface area contributed by atoms with Gasteiger partial charge >= 0.3 is 0 Å². The van der Waals surface area contributed by atoms with E-state index in [4.69, 9.17) is 25.8 Å². The second kappa shape index (κ2) is 9.00. The van der Waals surface area contributed by atoms with E-state index in [1.54, 1.807) is 0 Å². The zero-order chi connectivity index (χ0) is 16.9. The highest BCUT2D eigenvalue weighted by Gasteiger charge is 2.28. The first-order valence-corrected chi connectivity index (χ1v) is 9.55. The number of nitrogens with zero attached hydrogens (tertiary/aromatic N) is 1. The third-order valence-electron chi connectivity index (χ3n) is 4.59. The molecule has 0 amide bonds. The van der Waals surface area contributed by atoms with Gasteiger partial charge in [-0.15, -0.1) is 11.6 Å². The quantitative estimate of drug-likeness (QED) is 0.521. The molecule has 136 valence electrons. The van der Waals surface area contributed by atoms with Gasteiger partial charge in [-0.05, 0) is 53.4 Å². The Labute approximate surface area is 146 Å². The molecule has 0 N–H and O–H groups in total. The lowest BCUT2D eigenvalue weighted by molar-refractivity contribution is -0.125. The van der Waals surface area contributed by atoms with Crippen LogP contribution in [-0.2, 0) is 14.2 Å². The minimum Gasteiger partial charge on any atom is -0.377 e. The number of ether oxygens (including phenoxy) is 3. The van der Waals surface area contributed by atoms with E-state index in [1.165, 1.54) is 0 Å². The third kappa shape index (κ3) is 7.27. The Morgan fingerprint density at radius 1 is 1.09 bits per heavy atom. The molecule has 0 spiro atoms. The van der Waals surface area contributed by atoms with E-state index in [-0.39, 0.29) is 5.60 Å². The number of morpholine rings is 1. The fourth-order valence-electron chi connectivity index (χ4n) is 3.60. The van der Waals surface area contributed by atoms with Crippen LogP contribution in [0.15, 0.2) is 0 Å². The zero-order valence-corrected chi connectivity index (χ0v) is 16.0. The Bertz CT molecular complexity index is 335. The molecule has 0 aromatic carbocycles. The van der Waals surface area contributed by atoms with Crippen molar-refractivity contribution in [2.24, 2.45) is 0 Å². The van der Waals surface area contributed by atoms with Crippen LogP contribution >= 0.6 is 11.6 Å². The predicted molar refractivity (Wildman–Crippen MR) is 94.3 cm³/mol. The summed E-state index contributed by atoms with van der Waals surface area (Å²) in [6, 6.07) is 0. The summed E-state index contributed by atoms with van der Waals surface area (Å²) in [4.78, 5) is 2.43. The lowest BCUT2D eigenvalue weighted by Gasteiger charge is -2.36. The van der Waals surface area contributed by atoms with Crippen molar-refractivity contribution in [1.29, 1.82) is 0 Å². The van der Waals surface area contributed by atoms with E-state index in [9.17, 15) is 0 Å². The van der Waals surface area contributed by atoms with Crippen LogP contribution in [0, 0.1) is 0 Å². The van der Waals surface area contributed by atoms with Gasteiger partial charge in [0.1, 0.15) is 0 Å². The molecule has 1 heterocycles. The fraction of sp³-hybridized carbons (Fsp3) is 1.00. The molecule has 0 aromatic rings. The number of hydrogen-bond donors (Lipinski definition) is 0. The molecule has 1 aliphatic carbocycles. The van der Waals surface area contributed by atoms with Crippen LogP contribution in [-0.4, -0.2) is 67.0 Å². The molecule has 4 nitrogen and oxygen atoms in total. The SMILES string of the molecule is CC1CN(CCOCC(C)(C)OC2CCC(Cl)CC2)CC(C)O1. The normalized spacial score (nSPS) is 33.8. The number of hydrogen-bond acceptors (Lipinski definition) is 4. The highest BCUT2D eigenvalue weighted by Crippen LogP contribution is 2.28. The van der Waals surface area contributed by atoms with Gasteiger partial charge < -0.3 is 14.2 Å². The molecule has 0 radical (unpaired) electrons. The molecule has 1 aliphatic heterocycles. The minimum absolute atomic E-state index is 0.227. The first kappa shape index (κ1) is 19.5.